The molecular weight excluding hydrogens is 180 g/mol. The predicted octanol–water partition coefficient (Wildman–Crippen LogP) is 0.779. The summed E-state index contributed by atoms with van der Waals surface area (Å²) in [5.74, 6) is -0.790. The standard InChI is InChI=1S/C10H22N2O2/c1-8(2)12(4)7-5-6-11-9(3)10(13)14/h8-9,11H,5-7H2,1-4H3,(H,13,14). The van der Waals surface area contributed by atoms with Gasteiger partial charge in [0.2, 0.25) is 0 Å². The van der Waals surface area contributed by atoms with Crippen molar-refractivity contribution in [3.05, 3.63) is 0 Å². The van der Waals surface area contributed by atoms with Crippen molar-refractivity contribution in [3.63, 3.8) is 0 Å². The molecule has 2 N–H and O–H groups in total. The minimum Gasteiger partial charge on any atom is -0.480 e. The van der Waals surface area contributed by atoms with Crippen molar-refractivity contribution in [2.75, 3.05) is 20.1 Å². The summed E-state index contributed by atoms with van der Waals surface area (Å²) in [7, 11) is 2.07. The fourth-order valence-electron chi connectivity index (χ4n) is 0.993. The van der Waals surface area contributed by atoms with E-state index >= 15 is 0 Å². The Balaban J connectivity index is 3.42. The molecule has 0 amide bonds. The number of aliphatic carboxylic acids is 1. The molecule has 0 bridgehead atoms. The van der Waals surface area contributed by atoms with Gasteiger partial charge in [-0.15, -0.1) is 0 Å². The SMILES string of the molecule is CC(NCCCN(C)C(C)C)C(=O)O. The number of nitrogens with zero attached hydrogens (tertiary/aromatic N) is 1. The zero-order valence-electron chi connectivity index (χ0n) is 9.58. The molecule has 0 aromatic carbocycles. The Morgan fingerprint density at radius 2 is 2.00 bits per heavy atom. The number of carboxylic acid groups (broad SMARTS) is 1. The van der Waals surface area contributed by atoms with Gasteiger partial charge in [0.15, 0.2) is 0 Å². The van der Waals surface area contributed by atoms with Gasteiger partial charge in [0, 0.05) is 6.04 Å². The zero-order chi connectivity index (χ0) is 11.1. The maximum absolute atomic E-state index is 10.5. The van der Waals surface area contributed by atoms with Gasteiger partial charge in [0.25, 0.3) is 0 Å². The van der Waals surface area contributed by atoms with Gasteiger partial charge < -0.3 is 15.3 Å². The molecule has 0 saturated heterocycles. The number of rotatable bonds is 7. The van der Waals surface area contributed by atoms with Gasteiger partial charge in [-0.25, -0.2) is 0 Å². The summed E-state index contributed by atoms with van der Waals surface area (Å²) in [5, 5.41) is 11.6. The molecule has 4 nitrogen and oxygen atoms in total. The molecule has 0 spiro atoms. The molecule has 4 heteroatoms. The first-order chi connectivity index (χ1) is 6.45. The third-order valence-electron chi connectivity index (χ3n) is 2.39. The summed E-state index contributed by atoms with van der Waals surface area (Å²) in [6.45, 7) is 7.70. The molecule has 1 unspecified atom stereocenters. The van der Waals surface area contributed by atoms with Crippen LogP contribution in [0.25, 0.3) is 0 Å². The summed E-state index contributed by atoms with van der Waals surface area (Å²) < 4.78 is 0. The molecule has 14 heavy (non-hydrogen) atoms. The van der Waals surface area contributed by atoms with E-state index < -0.39 is 12.0 Å². The predicted molar refractivity (Wildman–Crippen MR) is 57.5 cm³/mol. The first-order valence-electron chi connectivity index (χ1n) is 5.11. The summed E-state index contributed by atoms with van der Waals surface area (Å²) in [6, 6.07) is 0.103. The lowest BCUT2D eigenvalue weighted by Crippen LogP contribution is -2.36. The van der Waals surface area contributed by atoms with Crippen LogP contribution in [0.15, 0.2) is 0 Å². The highest BCUT2D eigenvalue weighted by Gasteiger charge is 2.09. The molecular formula is C10H22N2O2. The van der Waals surface area contributed by atoms with Crippen LogP contribution in [0.4, 0.5) is 0 Å². The molecule has 0 radical (unpaired) electrons. The molecule has 0 rings (SSSR count). The van der Waals surface area contributed by atoms with E-state index in [2.05, 4.69) is 31.1 Å². The van der Waals surface area contributed by atoms with E-state index in [0.29, 0.717) is 6.04 Å². The van der Waals surface area contributed by atoms with E-state index in [9.17, 15) is 4.79 Å². The van der Waals surface area contributed by atoms with E-state index in [4.69, 9.17) is 5.11 Å². The van der Waals surface area contributed by atoms with E-state index in [-0.39, 0.29) is 0 Å². The molecule has 0 fully saturated rings. The van der Waals surface area contributed by atoms with Gasteiger partial charge in [-0.1, -0.05) is 0 Å². The average molecular weight is 202 g/mol. The molecule has 0 aliphatic rings. The molecule has 0 aromatic rings. The maximum atomic E-state index is 10.5. The topological polar surface area (TPSA) is 52.6 Å². The third kappa shape index (κ3) is 5.94. The molecule has 0 saturated carbocycles. The van der Waals surface area contributed by atoms with E-state index in [1.54, 1.807) is 6.92 Å². The summed E-state index contributed by atoms with van der Waals surface area (Å²) in [6.07, 6.45) is 0.978. The fraction of sp³-hybridized carbons (Fsp3) is 0.900. The van der Waals surface area contributed by atoms with Crippen LogP contribution in [-0.4, -0.2) is 48.2 Å². The summed E-state index contributed by atoms with van der Waals surface area (Å²) in [4.78, 5) is 12.7. The zero-order valence-corrected chi connectivity index (χ0v) is 9.58. The van der Waals surface area contributed by atoms with Crippen molar-refractivity contribution < 1.29 is 9.90 Å². The van der Waals surface area contributed by atoms with E-state index in [1.807, 2.05) is 0 Å². The lowest BCUT2D eigenvalue weighted by molar-refractivity contribution is -0.138. The van der Waals surface area contributed by atoms with Crippen LogP contribution in [0.1, 0.15) is 27.2 Å². The highest BCUT2D eigenvalue weighted by molar-refractivity contribution is 5.72. The second kappa shape index (κ2) is 6.79. The number of nitrogens with one attached hydrogen (secondary N) is 1. The van der Waals surface area contributed by atoms with Gasteiger partial charge in [-0.3, -0.25) is 4.79 Å². The molecule has 0 aliphatic heterocycles. The number of carbonyl (C=O) groups is 1. The van der Waals surface area contributed by atoms with E-state index in [0.717, 1.165) is 19.5 Å². The van der Waals surface area contributed by atoms with Crippen LogP contribution in [0, 0.1) is 0 Å². The Morgan fingerprint density at radius 3 is 2.43 bits per heavy atom. The van der Waals surface area contributed by atoms with Crippen molar-refractivity contribution in [1.29, 1.82) is 0 Å². The van der Waals surface area contributed by atoms with Gasteiger partial charge in [0.1, 0.15) is 6.04 Å². The average Bonchev–Trinajstić information content (AvgIpc) is 2.11. The Morgan fingerprint density at radius 1 is 1.43 bits per heavy atom. The van der Waals surface area contributed by atoms with E-state index in [1.165, 1.54) is 0 Å². The van der Waals surface area contributed by atoms with Crippen molar-refractivity contribution in [2.24, 2.45) is 0 Å². The number of hydrogen-bond donors (Lipinski definition) is 2. The van der Waals surface area contributed by atoms with Crippen LogP contribution in [0.3, 0.4) is 0 Å². The van der Waals surface area contributed by atoms with Crippen molar-refractivity contribution in [3.8, 4) is 0 Å². The van der Waals surface area contributed by atoms with Crippen molar-refractivity contribution in [2.45, 2.75) is 39.3 Å². The highest BCUT2D eigenvalue weighted by atomic mass is 16.4. The molecule has 0 aliphatic carbocycles. The first-order valence-corrected chi connectivity index (χ1v) is 5.11. The normalized spacial score (nSPS) is 13.6. The Bertz CT molecular complexity index is 172. The molecule has 84 valence electrons. The van der Waals surface area contributed by atoms with Gasteiger partial charge in [-0.05, 0) is 47.3 Å². The van der Waals surface area contributed by atoms with Gasteiger partial charge in [-0.2, -0.15) is 0 Å². The van der Waals surface area contributed by atoms with Crippen molar-refractivity contribution >= 4 is 5.97 Å². The number of carboxylic acids is 1. The minimum absolute atomic E-state index is 0.445. The summed E-state index contributed by atoms with van der Waals surface area (Å²) >= 11 is 0. The number of hydrogen-bond acceptors (Lipinski definition) is 3. The largest absolute Gasteiger partial charge is 0.480 e. The Labute approximate surface area is 86.3 Å². The lowest BCUT2D eigenvalue weighted by atomic mass is 10.3. The smallest absolute Gasteiger partial charge is 0.320 e. The first kappa shape index (κ1) is 13.4. The highest BCUT2D eigenvalue weighted by Crippen LogP contribution is 1.94. The van der Waals surface area contributed by atoms with Crippen LogP contribution in [-0.2, 0) is 4.79 Å². The molecule has 1 atom stereocenters. The Kier molecular flexibility index (Phi) is 6.49. The quantitative estimate of drug-likeness (QED) is 0.599. The third-order valence-corrected chi connectivity index (χ3v) is 2.39. The fourth-order valence-corrected chi connectivity index (χ4v) is 0.993. The van der Waals surface area contributed by atoms with Crippen LogP contribution < -0.4 is 5.32 Å². The lowest BCUT2D eigenvalue weighted by Gasteiger charge is -2.21. The second-order valence-electron chi connectivity index (χ2n) is 3.94. The molecule has 0 heterocycles. The van der Waals surface area contributed by atoms with Crippen LogP contribution >= 0.6 is 0 Å². The monoisotopic (exact) mass is 202 g/mol. The Hall–Kier alpha value is -0.610. The van der Waals surface area contributed by atoms with Crippen molar-refractivity contribution in [1.82, 2.24) is 10.2 Å². The molecule has 0 aromatic heterocycles. The van der Waals surface area contributed by atoms with Crippen LogP contribution in [0.5, 0.6) is 0 Å². The minimum atomic E-state index is -0.790. The van der Waals surface area contributed by atoms with Gasteiger partial charge in [0.05, 0.1) is 0 Å². The second-order valence-corrected chi connectivity index (χ2v) is 3.94. The summed E-state index contributed by atoms with van der Waals surface area (Å²) in [5.41, 5.74) is 0. The maximum Gasteiger partial charge on any atom is 0.320 e. The van der Waals surface area contributed by atoms with Gasteiger partial charge >= 0.3 is 5.97 Å². The van der Waals surface area contributed by atoms with Crippen LogP contribution in [0.2, 0.25) is 0 Å².